The molecular formula is C19H18FN3O3. The molecule has 1 atom stereocenters. The molecular weight excluding hydrogens is 337 g/mol. The molecule has 1 unspecified atom stereocenters. The van der Waals surface area contributed by atoms with Crippen molar-refractivity contribution in [2.75, 3.05) is 5.32 Å². The van der Waals surface area contributed by atoms with Gasteiger partial charge in [0.05, 0.1) is 0 Å². The van der Waals surface area contributed by atoms with Gasteiger partial charge in [-0.05, 0) is 42.8 Å². The van der Waals surface area contributed by atoms with E-state index in [1.165, 1.54) is 12.1 Å². The number of aromatic nitrogens is 2. The third-order valence-electron chi connectivity index (χ3n) is 3.70. The van der Waals surface area contributed by atoms with Crippen molar-refractivity contribution in [3.8, 4) is 17.2 Å². The summed E-state index contributed by atoms with van der Waals surface area (Å²) >= 11 is 0. The Morgan fingerprint density at radius 2 is 2.08 bits per heavy atom. The van der Waals surface area contributed by atoms with E-state index in [1.54, 1.807) is 19.1 Å². The number of rotatable bonds is 6. The minimum absolute atomic E-state index is 0.0167. The molecule has 0 aliphatic carbocycles. The molecule has 0 fully saturated rings. The molecule has 1 amide bonds. The van der Waals surface area contributed by atoms with Gasteiger partial charge in [-0.25, -0.2) is 4.39 Å². The fraction of sp³-hybridized carbons (Fsp3) is 0.211. The Hall–Kier alpha value is -3.22. The Balaban J connectivity index is 1.70. The molecule has 1 N–H and O–H groups in total. The van der Waals surface area contributed by atoms with E-state index in [1.807, 2.05) is 31.2 Å². The molecule has 6 nitrogen and oxygen atoms in total. The Bertz CT molecular complexity index is 910. The second kappa shape index (κ2) is 7.77. The fourth-order valence-electron chi connectivity index (χ4n) is 2.38. The first-order valence-corrected chi connectivity index (χ1v) is 8.19. The molecule has 0 saturated heterocycles. The summed E-state index contributed by atoms with van der Waals surface area (Å²) in [5, 5.41) is 6.29. The Morgan fingerprint density at radius 3 is 2.81 bits per heavy atom. The smallest absolute Gasteiger partial charge is 0.270 e. The van der Waals surface area contributed by atoms with Gasteiger partial charge < -0.3 is 9.26 Å². The van der Waals surface area contributed by atoms with Gasteiger partial charge >= 0.3 is 0 Å². The highest BCUT2D eigenvalue weighted by Crippen LogP contribution is 2.21. The average molecular weight is 355 g/mol. The highest BCUT2D eigenvalue weighted by Gasteiger charge is 2.22. The topological polar surface area (TPSA) is 77.2 Å². The summed E-state index contributed by atoms with van der Waals surface area (Å²) in [5.74, 6) is -0.662. The van der Waals surface area contributed by atoms with Crippen molar-refractivity contribution in [1.82, 2.24) is 10.1 Å². The van der Waals surface area contributed by atoms with Gasteiger partial charge in [-0.3, -0.25) is 10.1 Å². The molecule has 134 valence electrons. The van der Waals surface area contributed by atoms with Crippen LogP contribution in [-0.4, -0.2) is 22.2 Å². The summed E-state index contributed by atoms with van der Waals surface area (Å²) in [4.78, 5) is 16.5. The van der Waals surface area contributed by atoms with Gasteiger partial charge in [0.25, 0.3) is 17.7 Å². The van der Waals surface area contributed by atoms with Crippen LogP contribution in [0.4, 0.5) is 10.3 Å². The average Bonchev–Trinajstić information content (AvgIpc) is 3.09. The van der Waals surface area contributed by atoms with Gasteiger partial charge in [-0.15, -0.1) is 0 Å². The lowest BCUT2D eigenvalue weighted by Gasteiger charge is -2.16. The molecule has 3 rings (SSSR count). The van der Waals surface area contributed by atoms with Crippen LogP contribution in [0.2, 0.25) is 0 Å². The van der Waals surface area contributed by atoms with Crippen LogP contribution in [0, 0.1) is 12.7 Å². The first-order valence-electron chi connectivity index (χ1n) is 8.19. The van der Waals surface area contributed by atoms with Crippen molar-refractivity contribution >= 4 is 11.9 Å². The number of amides is 1. The van der Waals surface area contributed by atoms with Gasteiger partial charge in [0.1, 0.15) is 0 Å². The molecule has 3 aromatic rings. The van der Waals surface area contributed by atoms with E-state index >= 15 is 0 Å². The van der Waals surface area contributed by atoms with Crippen LogP contribution in [0.15, 0.2) is 53.1 Å². The van der Waals surface area contributed by atoms with Crippen LogP contribution in [0.25, 0.3) is 11.5 Å². The van der Waals surface area contributed by atoms with Crippen LogP contribution >= 0.6 is 0 Å². The summed E-state index contributed by atoms with van der Waals surface area (Å²) in [6.45, 7) is 3.72. The predicted molar refractivity (Wildman–Crippen MR) is 94.2 cm³/mol. The normalized spacial score (nSPS) is 11.8. The maximum Gasteiger partial charge on any atom is 0.270 e. The van der Waals surface area contributed by atoms with E-state index < -0.39 is 17.8 Å². The number of nitrogens with one attached hydrogen (secondary N) is 1. The zero-order valence-corrected chi connectivity index (χ0v) is 14.4. The summed E-state index contributed by atoms with van der Waals surface area (Å²) in [6.07, 6.45) is -0.532. The molecule has 0 saturated carbocycles. The van der Waals surface area contributed by atoms with Crippen molar-refractivity contribution in [2.24, 2.45) is 0 Å². The second-order valence-corrected chi connectivity index (χ2v) is 5.73. The van der Waals surface area contributed by atoms with Crippen molar-refractivity contribution in [2.45, 2.75) is 26.4 Å². The SMILES string of the molecule is CCC(Oc1ccccc1F)C(=O)Nc1noc(-c2cccc(C)c2)n1. The van der Waals surface area contributed by atoms with E-state index in [9.17, 15) is 9.18 Å². The van der Waals surface area contributed by atoms with Gasteiger partial charge in [0.2, 0.25) is 0 Å². The number of carbonyl (C=O) groups excluding carboxylic acids is 1. The molecule has 0 spiro atoms. The van der Waals surface area contributed by atoms with E-state index in [2.05, 4.69) is 15.5 Å². The predicted octanol–water partition coefficient (Wildman–Crippen LogP) is 3.98. The molecule has 2 aromatic carbocycles. The lowest BCUT2D eigenvalue weighted by atomic mass is 10.1. The molecule has 0 aliphatic rings. The lowest BCUT2D eigenvalue weighted by molar-refractivity contribution is -0.123. The van der Waals surface area contributed by atoms with Crippen LogP contribution < -0.4 is 10.1 Å². The number of aryl methyl sites for hydroxylation is 1. The molecule has 7 heteroatoms. The molecule has 0 bridgehead atoms. The quantitative estimate of drug-likeness (QED) is 0.724. The van der Waals surface area contributed by atoms with Gasteiger partial charge in [-0.2, -0.15) is 4.98 Å². The van der Waals surface area contributed by atoms with Crippen molar-refractivity contribution in [3.63, 3.8) is 0 Å². The largest absolute Gasteiger partial charge is 0.478 e. The molecule has 1 aromatic heterocycles. The number of halogens is 1. The maximum absolute atomic E-state index is 13.7. The van der Waals surface area contributed by atoms with E-state index in [-0.39, 0.29) is 11.7 Å². The van der Waals surface area contributed by atoms with Gasteiger partial charge in [0.15, 0.2) is 17.7 Å². The summed E-state index contributed by atoms with van der Waals surface area (Å²) < 4.78 is 24.3. The van der Waals surface area contributed by atoms with Crippen molar-refractivity contribution < 1.29 is 18.4 Å². The molecule has 0 aliphatic heterocycles. The summed E-state index contributed by atoms with van der Waals surface area (Å²) in [6, 6.07) is 13.5. The van der Waals surface area contributed by atoms with E-state index in [0.717, 1.165) is 11.1 Å². The zero-order chi connectivity index (χ0) is 18.5. The number of ether oxygens (including phenoxy) is 1. The highest BCUT2D eigenvalue weighted by molar-refractivity contribution is 5.92. The van der Waals surface area contributed by atoms with Crippen LogP contribution in [0.1, 0.15) is 18.9 Å². The minimum Gasteiger partial charge on any atom is -0.478 e. The number of para-hydroxylation sites is 1. The first-order chi connectivity index (χ1) is 12.6. The summed E-state index contributed by atoms with van der Waals surface area (Å²) in [5.41, 5.74) is 1.81. The number of hydrogen-bond donors (Lipinski definition) is 1. The summed E-state index contributed by atoms with van der Waals surface area (Å²) in [7, 11) is 0. The molecule has 1 heterocycles. The van der Waals surface area contributed by atoms with Crippen molar-refractivity contribution in [1.29, 1.82) is 0 Å². The third-order valence-corrected chi connectivity index (χ3v) is 3.70. The number of benzene rings is 2. The van der Waals surface area contributed by atoms with E-state index in [0.29, 0.717) is 12.3 Å². The Morgan fingerprint density at radius 1 is 1.27 bits per heavy atom. The second-order valence-electron chi connectivity index (χ2n) is 5.73. The Kier molecular flexibility index (Phi) is 5.26. The van der Waals surface area contributed by atoms with Gasteiger partial charge in [0, 0.05) is 5.56 Å². The third kappa shape index (κ3) is 4.05. The Labute approximate surface area is 150 Å². The number of nitrogens with zero attached hydrogens (tertiary/aromatic N) is 2. The first kappa shape index (κ1) is 17.6. The number of carbonyl (C=O) groups is 1. The standard InChI is InChI=1S/C19H18FN3O3/c1-3-15(25-16-10-5-4-9-14(16)20)17(24)21-19-22-18(26-23-19)13-8-6-7-12(2)11-13/h4-11,15H,3H2,1-2H3,(H,21,23,24). The van der Waals surface area contributed by atoms with Crippen molar-refractivity contribution in [3.05, 3.63) is 59.9 Å². The maximum atomic E-state index is 13.7. The minimum atomic E-state index is -0.882. The number of hydrogen-bond acceptors (Lipinski definition) is 5. The van der Waals surface area contributed by atoms with Crippen LogP contribution in [0.3, 0.4) is 0 Å². The van der Waals surface area contributed by atoms with Crippen LogP contribution in [0.5, 0.6) is 5.75 Å². The number of anilines is 1. The molecule has 0 radical (unpaired) electrons. The van der Waals surface area contributed by atoms with Gasteiger partial charge in [-0.1, -0.05) is 36.8 Å². The zero-order valence-electron chi connectivity index (χ0n) is 14.4. The van der Waals surface area contributed by atoms with E-state index in [4.69, 9.17) is 9.26 Å². The monoisotopic (exact) mass is 355 g/mol. The molecule has 26 heavy (non-hydrogen) atoms. The van der Waals surface area contributed by atoms with Crippen LogP contribution in [-0.2, 0) is 4.79 Å². The lowest BCUT2D eigenvalue weighted by Crippen LogP contribution is -2.33. The fourth-order valence-corrected chi connectivity index (χ4v) is 2.38. The highest BCUT2D eigenvalue weighted by atomic mass is 19.1.